The van der Waals surface area contributed by atoms with Crippen molar-refractivity contribution in [3.05, 3.63) is 11.3 Å². The van der Waals surface area contributed by atoms with Crippen molar-refractivity contribution in [3.63, 3.8) is 0 Å². The number of fused-ring (bicyclic) bond motifs is 1. The first-order chi connectivity index (χ1) is 10.4. The Morgan fingerprint density at radius 3 is 2.39 bits per heavy atom. The second kappa shape index (κ2) is 6.36. The molecule has 1 amide bonds. The van der Waals surface area contributed by atoms with E-state index in [0.29, 0.717) is 18.1 Å². The number of rotatable bonds is 5. The maximum atomic E-state index is 12.7. The summed E-state index contributed by atoms with van der Waals surface area (Å²) in [6.45, 7) is 12.5. The summed E-state index contributed by atoms with van der Waals surface area (Å²) in [5.41, 5.74) is 7.05. The standard InChI is InChI=1S/C14H26N2O4SSi2/c1-22(2,3)19-7-9-8-21-13-10(15)12(17)16(13)11(9)14(18)20-23(4,5)6/h10,13H,7-8,15H2,1-6H3. The van der Waals surface area contributed by atoms with E-state index in [0.717, 1.165) is 5.57 Å². The molecule has 130 valence electrons. The first-order valence-corrected chi connectivity index (χ1v) is 15.6. The van der Waals surface area contributed by atoms with Crippen molar-refractivity contribution in [3.8, 4) is 0 Å². The number of hydrogen-bond acceptors (Lipinski definition) is 6. The Bertz CT molecular complexity index is 554. The summed E-state index contributed by atoms with van der Waals surface area (Å²) in [6, 6.07) is -0.533. The van der Waals surface area contributed by atoms with Gasteiger partial charge in [0.15, 0.2) is 8.32 Å². The quantitative estimate of drug-likeness (QED) is 0.583. The molecule has 0 aromatic heterocycles. The molecule has 1 saturated heterocycles. The third kappa shape index (κ3) is 4.27. The van der Waals surface area contributed by atoms with Crippen molar-refractivity contribution in [1.82, 2.24) is 4.90 Å². The fraction of sp³-hybridized carbons (Fsp3) is 0.714. The van der Waals surface area contributed by atoms with Gasteiger partial charge in [0.05, 0.1) is 6.61 Å². The Morgan fingerprint density at radius 2 is 1.87 bits per heavy atom. The van der Waals surface area contributed by atoms with Crippen LogP contribution in [0.1, 0.15) is 0 Å². The highest BCUT2D eigenvalue weighted by Gasteiger charge is 2.52. The summed E-state index contributed by atoms with van der Waals surface area (Å²) in [4.78, 5) is 26.3. The van der Waals surface area contributed by atoms with Crippen LogP contribution in [-0.4, -0.2) is 57.2 Å². The molecular weight excluding hydrogens is 348 g/mol. The van der Waals surface area contributed by atoms with Gasteiger partial charge in [-0.1, -0.05) is 0 Å². The molecule has 0 bridgehead atoms. The minimum Gasteiger partial charge on any atom is -0.515 e. The normalized spacial score (nSPS) is 25.2. The van der Waals surface area contributed by atoms with Crippen molar-refractivity contribution in [2.75, 3.05) is 12.4 Å². The van der Waals surface area contributed by atoms with Crippen LogP contribution in [0.15, 0.2) is 11.3 Å². The summed E-state index contributed by atoms with van der Waals surface area (Å²) in [6.07, 6.45) is 0. The third-order valence-corrected chi connectivity index (χ3v) is 6.53. The highest BCUT2D eigenvalue weighted by molar-refractivity contribution is 8.00. The average molecular weight is 375 g/mol. The molecule has 2 aliphatic heterocycles. The predicted molar refractivity (Wildman–Crippen MR) is 96.8 cm³/mol. The lowest BCUT2D eigenvalue weighted by atomic mass is 10.0. The Balaban J connectivity index is 2.30. The molecule has 2 aliphatic rings. The Kier molecular flexibility index (Phi) is 5.17. The molecular formula is C14H26N2O4SSi2. The molecule has 0 radical (unpaired) electrons. The van der Waals surface area contributed by atoms with Gasteiger partial charge >= 0.3 is 5.97 Å². The van der Waals surface area contributed by atoms with Gasteiger partial charge in [-0.25, -0.2) is 4.79 Å². The molecule has 2 rings (SSSR count). The fourth-order valence-corrected chi connectivity index (χ4v) is 4.84. The van der Waals surface area contributed by atoms with Gasteiger partial charge in [-0.15, -0.1) is 11.8 Å². The van der Waals surface area contributed by atoms with Gasteiger partial charge in [-0.05, 0) is 44.9 Å². The van der Waals surface area contributed by atoms with Gasteiger partial charge < -0.3 is 14.6 Å². The van der Waals surface area contributed by atoms with Crippen molar-refractivity contribution in [2.24, 2.45) is 5.73 Å². The van der Waals surface area contributed by atoms with Gasteiger partial charge in [0.25, 0.3) is 0 Å². The summed E-state index contributed by atoms with van der Waals surface area (Å²) in [5, 5.41) is -0.165. The predicted octanol–water partition coefficient (Wildman–Crippen LogP) is 1.71. The Labute approximate surface area is 144 Å². The van der Waals surface area contributed by atoms with Crippen LogP contribution in [0.2, 0.25) is 39.3 Å². The van der Waals surface area contributed by atoms with Crippen molar-refractivity contribution in [1.29, 1.82) is 0 Å². The molecule has 2 heterocycles. The van der Waals surface area contributed by atoms with Crippen LogP contribution in [0, 0.1) is 0 Å². The zero-order valence-corrected chi connectivity index (χ0v) is 17.5. The smallest absolute Gasteiger partial charge is 0.341 e. The summed E-state index contributed by atoms with van der Waals surface area (Å²) in [5.74, 6) is 0.0158. The minimum atomic E-state index is -2.05. The number of β-lactam (4-membered cyclic amide) rings is 1. The number of nitrogens with two attached hydrogens (primary N) is 1. The van der Waals surface area contributed by atoms with Gasteiger partial charge in [0.1, 0.15) is 17.1 Å². The molecule has 0 aromatic carbocycles. The maximum Gasteiger partial charge on any atom is 0.341 e. The molecule has 1 fully saturated rings. The fourth-order valence-electron chi connectivity index (χ4n) is 2.31. The molecule has 0 aliphatic carbocycles. The maximum absolute atomic E-state index is 12.7. The molecule has 2 unspecified atom stereocenters. The molecule has 0 saturated carbocycles. The van der Waals surface area contributed by atoms with E-state index in [2.05, 4.69) is 19.6 Å². The van der Waals surface area contributed by atoms with Crippen LogP contribution in [0.25, 0.3) is 0 Å². The lowest BCUT2D eigenvalue weighted by Crippen LogP contribution is -2.68. The molecule has 2 N–H and O–H groups in total. The van der Waals surface area contributed by atoms with E-state index in [1.165, 1.54) is 4.90 Å². The van der Waals surface area contributed by atoms with E-state index in [-0.39, 0.29) is 11.3 Å². The molecule has 23 heavy (non-hydrogen) atoms. The topological polar surface area (TPSA) is 81.9 Å². The first kappa shape index (κ1) is 18.7. The SMILES string of the molecule is C[Si](C)(C)OCC1=C(C(=O)O[Si](C)(C)C)N2C(=O)C(N)C2SC1. The molecule has 9 heteroatoms. The highest BCUT2D eigenvalue weighted by atomic mass is 32.2. The van der Waals surface area contributed by atoms with Crippen LogP contribution >= 0.6 is 11.8 Å². The van der Waals surface area contributed by atoms with E-state index in [1.807, 2.05) is 19.6 Å². The highest BCUT2D eigenvalue weighted by Crippen LogP contribution is 2.40. The van der Waals surface area contributed by atoms with E-state index >= 15 is 0 Å². The first-order valence-electron chi connectivity index (χ1n) is 7.70. The van der Waals surface area contributed by atoms with Gasteiger partial charge in [-0.3, -0.25) is 9.69 Å². The van der Waals surface area contributed by atoms with E-state index in [4.69, 9.17) is 14.6 Å². The number of thioether (sulfide) groups is 1. The zero-order chi connectivity index (χ0) is 17.6. The molecule has 2 atom stereocenters. The largest absolute Gasteiger partial charge is 0.515 e. The average Bonchev–Trinajstić information content (AvgIpc) is 2.40. The Hall–Kier alpha value is -0.616. The van der Waals surface area contributed by atoms with Crippen molar-refractivity contribution < 1.29 is 18.4 Å². The number of carbonyl (C=O) groups is 2. The van der Waals surface area contributed by atoms with Gasteiger partial charge in [0, 0.05) is 5.75 Å². The van der Waals surface area contributed by atoms with E-state index in [9.17, 15) is 9.59 Å². The number of carbonyl (C=O) groups excluding carboxylic acids is 2. The van der Waals surface area contributed by atoms with E-state index in [1.54, 1.807) is 11.8 Å². The van der Waals surface area contributed by atoms with Crippen LogP contribution in [0.4, 0.5) is 0 Å². The second-order valence-electron chi connectivity index (χ2n) is 7.79. The number of nitrogens with zero attached hydrogens (tertiary/aromatic N) is 1. The van der Waals surface area contributed by atoms with Crippen molar-refractivity contribution >= 4 is 40.3 Å². The van der Waals surface area contributed by atoms with Crippen LogP contribution in [0.5, 0.6) is 0 Å². The summed E-state index contributed by atoms with van der Waals surface area (Å²) < 4.78 is 11.6. The van der Waals surface area contributed by atoms with E-state index < -0.39 is 28.6 Å². The molecule has 6 nitrogen and oxygen atoms in total. The lowest BCUT2D eigenvalue weighted by Gasteiger charge is -2.48. The second-order valence-corrected chi connectivity index (χ2v) is 17.8. The third-order valence-electron chi connectivity index (χ3n) is 3.36. The summed E-state index contributed by atoms with van der Waals surface area (Å²) >= 11 is 1.58. The van der Waals surface area contributed by atoms with Crippen molar-refractivity contribution in [2.45, 2.75) is 50.7 Å². The van der Waals surface area contributed by atoms with Gasteiger partial charge in [-0.2, -0.15) is 0 Å². The number of hydrogen-bond donors (Lipinski definition) is 1. The van der Waals surface area contributed by atoms with Crippen LogP contribution in [-0.2, 0) is 18.4 Å². The zero-order valence-electron chi connectivity index (χ0n) is 14.6. The van der Waals surface area contributed by atoms with Crippen LogP contribution < -0.4 is 5.73 Å². The van der Waals surface area contributed by atoms with Gasteiger partial charge in [0.2, 0.25) is 14.2 Å². The number of amides is 1. The minimum absolute atomic E-state index is 0.165. The van der Waals surface area contributed by atoms with Crippen LogP contribution in [0.3, 0.4) is 0 Å². The summed E-state index contributed by atoms with van der Waals surface area (Å²) in [7, 11) is -3.77. The molecule has 0 aromatic rings. The lowest BCUT2D eigenvalue weighted by molar-refractivity contribution is -0.147. The molecule has 0 spiro atoms. The Morgan fingerprint density at radius 1 is 1.26 bits per heavy atom. The monoisotopic (exact) mass is 374 g/mol.